The monoisotopic (exact) mass is 294 g/mol. The van der Waals surface area contributed by atoms with Crippen LogP contribution in [0.15, 0.2) is 0 Å². The first-order valence-corrected chi connectivity index (χ1v) is 8.52. The standard InChI is InChI=1S/C15H22N2O2S/c1-2-19-14(18)11-7-6-8-12-13(11)16-15(20-12)17-9-4-3-5-10-17/h11H,2-10H2,1H3. The summed E-state index contributed by atoms with van der Waals surface area (Å²) in [5, 5.41) is 1.12. The van der Waals surface area contributed by atoms with Gasteiger partial charge in [-0.3, -0.25) is 4.79 Å². The van der Waals surface area contributed by atoms with Gasteiger partial charge in [0.05, 0.1) is 12.3 Å². The van der Waals surface area contributed by atoms with E-state index < -0.39 is 0 Å². The molecule has 1 unspecified atom stereocenters. The molecular weight excluding hydrogens is 272 g/mol. The second-order valence-electron chi connectivity index (χ2n) is 5.55. The van der Waals surface area contributed by atoms with Gasteiger partial charge in [0, 0.05) is 18.0 Å². The van der Waals surface area contributed by atoms with Crippen LogP contribution in [0.3, 0.4) is 0 Å². The molecule has 1 atom stereocenters. The Kier molecular flexibility index (Phi) is 4.24. The summed E-state index contributed by atoms with van der Waals surface area (Å²) in [5.74, 6) is -0.225. The lowest BCUT2D eigenvalue weighted by atomic mass is 9.91. The molecule has 1 aliphatic heterocycles. The van der Waals surface area contributed by atoms with E-state index in [1.807, 2.05) is 6.92 Å². The molecule has 110 valence electrons. The van der Waals surface area contributed by atoms with Gasteiger partial charge >= 0.3 is 5.97 Å². The van der Waals surface area contributed by atoms with Crippen molar-refractivity contribution in [3.05, 3.63) is 10.6 Å². The molecule has 0 radical (unpaired) electrons. The molecule has 2 heterocycles. The van der Waals surface area contributed by atoms with Crippen molar-refractivity contribution in [2.75, 3.05) is 24.6 Å². The van der Waals surface area contributed by atoms with Gasteiger partial charge in [0.1, 0.15) is 5.92 Å². The summed E-state index contributed by atoms with van der Waals surface area (Å²) in [6.45, 7) is 4.53. The Morgan fingerprint density at radius 3 is 2.90 bits per heavy atom. The smallest absolute Gasteiger partial charge is 0.315 e. The van der Waals surface area contributed by atoms with E-state index in [9.17, 15) is 4.79 Å². The van der Waals surface area contributed by atoms with Crippen molar-refractivity contribution in [2.45, 2.75) is 51.4 Å². The van der Waals surface area contributed by atoms with E-state index >= 15 is 0 Å². The molecule has 1 fully saturated rings. The maximum atomic E-state index is 12.1. The van der Waals surface area contributed by atoms with Crippen LogP contribution in [0.1, 0.15) is 55.5 Å². The van der Waals surface area contributed by atoms with Gasteiger partial charge in [-0.1, -0.05) is 0 Å². The number of esters is 1. The Balaban J connectivity index is 1.82. The van der Waals surface area contributed by atoms with Gasteiger partial charge < -0.3 is 9.64 Å². The van der Waals surface area contributed by atoms with Crippen molar-refractivity contribution >= 4 is 22.4 Å². The molecular formula is C15H22N2O2S. The van der Waals surface area contributed by atoms with E-state index in [1.54, 1.807) is 11.3 Å². The molecule has 0 N–H and O–H groups in total. The highest BCUT2D eigenvalue weighted by atomic mass is 32.1. The van der Waals surface area contributed by atoms with Crippen LogP contribution >= 0.6 is 11.3 Å². The Bertz CT molecular complexity index is 480. The second kappa shape index (κ2) is 6.12. The molecule has 5 heteroatoms. The van der Waals surface area contributed by atoms with Crippen LogP contribution in [-0.4, -0.2) is 30.6 Å². The number of anilines is 1. The number of hydrogen-bond acceptors (Lipinski definition) is 5. The molecule has 20 heavy (non-hydrogen) atoms. The number of carbonyl (C=O) groups is 1. The Morgan fingerprint density at radius 2 is 2.15 bits per heavy atom. The molecule has 3 rings (SSSR count). The van der Waals surface area contributed by atoms with Crippen LogP contribution in [0.25, 0.3) is 0 Å². The zero-order chi connectivity index (χ0) is 13.9. The third-order valence-corrected chi connectivity index (χ3v) is 5.33. The Labute approximate surface area is 124 Å². The summed E-state index contributed by atoms with van der Waals surface area (Å²) in [4.78, 5) is 20.6. The minimum Gasteiger partial charge on any atom is -0.465 e. The molecule has 2 aliphatic rings. The third kappa shape index (κ3) is 2.68. The van der Waals surface area contributed by atoms with Gasteiger partial charge in [-0.05, 0) is 45.4 Å². The zero-order valence-electron chi connectivity index (χ0n) is 12.1. The average Bonchev–Trinajstić information content (AvgIpc) is 2.92. The fourth-order valence-corrected chi connectivity index (χ4v) is 4.31. The minimum atomic E-state index is -0.131. The average molecular weight is 294 g/mol. The molecule has 0 bridgehead atoms. The second-order valence-corrected chi connectivity index (χ2v) is 6.61. The summed E-state index contributed by atoms with van der Waals surface area (Å²) in [5.41, 5.74) is 1.00. The van der Waals surface area contributed by atoms with E-state index in [0.29, 0.717) is 6.61 Å². The largest absolute Gasteiger partial charge is 0.465 e. The predicted octanol–water partition coefficient (Wildman–Crippen LogP) is 3.12. The number of piperidine rings is 1. The minimum absolute atomic E-state index is 0.0936. The maximum Gasteiger partial charge on any atom is 0.315 e. The zero-order valence-corrected chi connectivity index (χ0v) is 12.9. The molecule has 1 aliphatic carbocycles. The van der Waals surface area contributed by atoms with Crippen molar-refractivity contribution < 1.29 is 9.53 Å². The summed E-state index contributed by atoms with van der Waals surface area (Å²) < 4.78 is 5.21. The first-order chi connectivity index (χ1) is 9.79. The van der Waals surface area contributed by atoms with Crippen LogP contribution < -0.4 is 4.90 Å². The summed E-state index contributed by atoms with van der Waals surface area (Å²) >= 11 is 1.79. The number of thiazole rings is 1. The van der Waals surface area contributed by atoms with Crippen molar-refractivity contribution in [2.24, 2.45) is 0 Å². The van der Waals surface area contributed by atoms with Crippen molar-refractivity contribution in [1.29, 1.82) is 0 Å². The summed E-state index contributed by atoms with van der Waals surface area (Å²) in [6.07, 6.45) is 6.86. The van der Waals surface area contributed by atoms with Gasteiger partial charge in [0.2, 0.25) is 0 Å². The number of rotatable bonds is 3. The molecule has 0 aromatic carbocycles. The van der Waals surface area contributed by atoms with Gasteiger partial charge in [0.15, 0.2) is 5.13 Å². The highest BCUT2D eigenvalue weighted by Crippen LogP contribution is 2.39. The lowest BCUT2D eigenvalue weighted by Gasteiger charge is -2.25. The van der Waals surface area contributed by atoms with E-state index in [-0.39, 0.29) is 11.9 Å². The molecule has 4 nitrogen and oxygen atoms in total. The molecule has 1 aromatic rings. The van der Waals surface area contributed by atoms with Crippen molar-refractivity contribution in [1.82, 2.24) is 4.98 Å². The summed E-state index contributed by atoms with van der Waals surface area (Å²) in [7, 11) is 0. The van der Waals surface area contributed by atoms with Crippen LogP contribution in [0.5, 0.6) is 0 Å². The number of nitrogens with zero attached hydrogens (tertiary/aromatic N) is 2. The highest BCUT2D eigenvalue weighted by molar-refractivity contribution is 7.15. The van der Waals surface area contributed by atoms with Crippen LogP contribution in [0.2, 0.25) is 0 Å². The van der Waals surface area contributed by atoms with Gasteiger partial charge in [-0.25, -0.2) is 4.98 Å². The number of carbonyl (C=O) groups excluding carboxylic acids is 1. The molecule has 0 amide bonds. The Morgan fingerprint density at radius 1 is 1.35 bits per heavy atom. The van der Waals surface area contributed by atoms with Crippen LogP contribution in [-0.2, 0) is 16.0 Å². The Hall–Kier alpha value is -1.10. The number of hydrogen-bond donors (Lipinski definition) is 0. The number of aryl methyl sites for hydroxylation is 1. The van der Waals surface area contributed by atoms with Crippen molar-refractivity contribution in [3.63, 3.8) is 0 Å². The summed E-state index contributed by atoms with van der Waals surface area (Å²) in [6, 6.07) is 0. The van der Waals surface area contributed by atoms with Gasteiger partial charge in [-0.15, -0.1) is 11.3 Å². The number of ether oxygens (including phenoxy) is 1. The number of aromatic nitrogens is 1. The third-order valence-electron chi connectivity index (χ3n) is 4.14. The fourth-order valence-electron chi connectivity index (χ4n) is 3.10. The quantitative estimate of drug-likeness (QED) is 0.803. The first-order valence-electron chi connectivity index (χ1n) is 7.70. The predicted molar refractivity (Wildman–Crippen MR) is 80.5 cm³/mol. The highest BCUT2D eigenvalue weighted by Gasteiger charge is 2.32. The maximum absolute atomic E-state index is 12.1. The normalized spacial score (nSPS) is 22.4. The van der Waals surface area contributed by atoms with E-state index in [2.05, 4.69) is 4.90 Å². The fraction of sp³-hybridized carbons (Fsp3) is 0.733. The topological polar surface area (TPSA) is 42.4 Å². The molecule has 0 saturated carbocycles. The molecule has 1 saturated heterocycles. The lowest BCUT2D eigenvalue weighted by molar-refractivity contribution is -0.145. The van der Waals surface area contributed by atoms with E-state index in [0.717, 1.165) is 43.2 Å². The molecule has 0 spiro atoms. The molecule has 1 aromatic heterocycles. The van der Waals surface area contributed by atoms with E-state index in [4.69, 9.17) is 9.72 Å². The number of fused-ring (bicyclic) bond motifs is 1. The SMILES string of the molecule is CCOC(=O)C1CCCc2sc(N3CCCCC3)nc21. The van der Waals surface area contributed by atoms with Crippen LogP contribution in [0, 0.1) is 0 Å². The van der Waals surface area contributed by atoms with E-state index in [1.165, 1.54) is 24.1 Å². The van der Waals surface area contributed by atoms with Gasteiger partial charge in [0.25, 0.3) is 0 Å². The first kappa shape index (κ1) is 13.9. The van der Waals surface area contributed by atoms with Gasteiger partial charge in [-0.2, -0.15) is 0 Å². The van der Waals surface area contributed by atoms with Crippen LogP contribution in [0.4, 0.5) is 5.13 Å². The van der Waals surface area contributed by atoms with Crippen molar-refractivity contribution in [3.8, 4) is 0 Å². The lowest BCUT2D eigenvalue weighted by Crippen LogP contribution is -2.29.